The first-order chi connectivity index (χ1) is 33.4. The Labute approximate surface area is 411 Å². The molecular formula is C49H67N7O15. The van der Waals surface area contributed by atoms with Gasteiger partial charge in [0.15, 0.2) is 11.6 Å². The lowest BCUT2D eigenvalue weighted by atomic mass is 9.78. The molecule has 0 saturated carbocycles. The molecule has 1 aromatic heterocycles. The number of hydrazone groups is 1. The number of Topliss-reactive ketones (excluding diaryl/α,β-unsaturated/α-hetero) is 1. The number of phenols is 3. The number of anilines is 1. The number of benzene rings is 2. The molecule has 22 heteroatoms. The SMILES string of the molecule is CO[C@H]1/C=C/O[C@@]2(C)Oc3c(C)c(O)c4c(O)c(c(/C=N\N5CCN(C)CC5)c(O)c4c3C2=O)NC(=O)/C(C)=C\C=C\[C@H](C)[C@H](O)[C@@H](C)[C@@H](O)[C@@H](C)[C@H](OC(C)=O)[C@@H]1C.Cc1ncc([N+](=O)[O-])n1CCO. The number of aromatic nitrogens is 2. The molecule has 7 rings (SSSR count). The van der Waals surface area contributed by atoms with Crippen molar-refractivity contribution < 1.29 is 68.9 Å². The third kappa shape index (κ3) is 11.8. The molecule has 22 nitrogen and oxygen atoms in total. The van der Waals surface area contributed by atoms with E-state index in [1.54, 1.807) is 51.8 Å². The van der Waals surface area contributed by atoms with Crippen molar-refractivity contribution in [3.63, 3.8) is 0 Å². The van der Waals surface area contributed by atoms with E-state index in [1.807, 2.05) is 7.05 Å². The number of fused-ring (bicyclic) bond motifs is 14. The fraction of sp³-hybridized carbons (Fsp3) is 0.531. The molecule has 0 unspecified atom stereocenters. The molecule has 4 aliphatic heterocycles. The number of aryl methyl sites for hydroxylation is 1. The maximum atomic E-state index is 14.4. The first kappa shape index (κ1) is 55.3. The van der Waals surface area contributed by atoms with Crippen molar-refractivity contribution in [3.05, 3.63) is 75.0 Å². The number of nitro groups is 1. The van der Waals surface area contributed by atoms with Crippen LogP contribution in [0, 0.1) is 47.6 Å². The highest BCUT2D eigenvalue weighted by molar-refractivity contribution is 6.23. The third-order valence-corrected chi connectivity index (χ3v) is 13.4. The number of aliphatic hydroxyl groups is 3. The normalized spacial score (nSPS) is 28.4. The van der Waals surface area contributed by atoms with Gasteiger partial charge in [0.05, 0.1) is 59.6 Å². The van der Waals surface area contributed by atoms with Crippen molar-refractivity contribution in [2.24, 2.45) is 28.8 Å². The second-order valence-corrected chi connectivity index (χ2v) is 18.4. The highest BCUT2D eigenvalue weighted by Crippen LogP contribution is 2.55. The number of amides is 1. The van der Waals surface area contributed by atoms with E-state index < -0.39 is 93.7 Å². The second kappa shape index (κ2) is 23.1. The number of methoxy groups -OCH3 is 1. The summed E-state index contributed by atoms with van der Waals surface area (Å²) in [6.45, 7) is 16.8. The number of nitrogens with one attached hydrogen (secondary N) is 1. The fourth-order valence-corrected chi connectivity index (χ4v) is 8.90. The number of imidazole rings is 1. The highest BCUT2D eigenvalue weighted by atomic mass is 16.7. The monoisotopic (exact) mass is 993 g/mol. The summed E-state index contributed by atoms with van der Waals surface area (Å²) >= 11 is 0. The number of ether oxygens (including phenoxy) is 4. The fourth-order valence-electron chi connectivity index (χ4n) is 8.90. The van der Waals surface area contributed by atoms with Crippen LogP contribution < -0.4 is 10.1 Å². The van der Waals surface area contributed by atoms with Crippen molar-refractivity contribution >= 4 is 46.2 Å². The first-order valence-corrected chi connectivity index (χ1v) is 23.2. The standard InChI is InChI=1S/C43H58N4O12.C6H9N3O3/c1-21-12-11-13-22(2)42(55)45-33-28(20-44-47-17-15-46(9)16-18-47)37(52)30-31(38(33)53)36(51)26(6)40-32(30)41(54)43(8,59-40)57-19-14-29(56-10)23(3)39(58-27(7)48)25(5)35(50)24(4)34(21)49;1-5-7-4-6(9(11)12)8(5)2-3-10/h11-14,19-21,23-25,29,34-35,39,49-53H,15-18H2,1-10H3,(H,45,55);4,10H,2-3H2,1H3/b12-11+,19-14+,22-13-,44-20-;/t21-,23+,24+,25+,29-,34-,35+,39+,43-;/m0./s1. The quantitative estimate of drug-likeness (QED) is 0.0430. The zero-order valence-corrected chi connectivity index (χ0v) is 41.9. The highest BCUT2D eigenvalue weighted by Gasteiger charge is 2.50. The number of carbonyl (C=O) groups is 3. The number of piperazine rings is 1. The molecule has 3 aromatic rings. The van der Waals surface area contributed by atoms with Gasteiger partial charge >= 0.3 is 17.6 Å². The Morgan fingerprint density at radius 3 is 2.27 bits per heavy atom. The Kier molecular flexibility index (Phi) is 18.0. The van der Waals surface area contributed by atoms with Gasteiger partial charge in [0.1, 0.15) is 36.1 Å². The number of esters is 1. The lowest BCUT2D eigenvalue weighted by Crippen LogP contribution is -2.46. The molecule has 7 N–H and O–H groups in total. The maximum Gasteiger partial charge on any atom is 0.342 e. The molecule has 71 heavy (non-hydrogen) atoms. The third-order valence-electron chi connectivity index (χ3n) is 13.4. The van der Waals surface area contributed by atoms with Crippen LogP contribution in [0.15, 0.2) is 47.4 Å². The number of nitrogens with zero attached hydrogens (tertiary/aromatic N) is 6. The van der Waals surface area contributed by atoms with Gasteiger partial charge in [-0.1, -0.05) is 45.9 Å². The van der Waals surface area contributed by atoms with Crippen LogP contribution in [0.5, 0.6) is 23.0 Å². The van der Waals surface area contributed by atoms with Crippen LogP contribution in [0.1, 0.15) is 75.8 Å². The summed E-state index contributed by atoms with van der Waals surface area (Å²) in [5.74, 6) is -7.89. The molecule has 2 aromatic carbocycles. The number of ketones is 1. The van der Waals surface area contributed by atoms with Gasteiger partial charge < -0.3 is 69.9 Å². The number of hydrogen-bond donors (Lipinski definition) is 7. The van der Waals surface area contributed by atoms with E-state index in [-0.39, 0.29) is 63.4 Å². The van der Waals surface area contributed by atoms with Crippen LogP contribution >= 0.6 is 0 Å². The number of hydrogen-bond acceptors (Lipinski definition) is 19. The van der Waals surface area contributed by atoms with Crippen molar-refractivity contribution in [1.29, 1.82) is 0 Å². The Balaban J connectivity index is 0.000000682. The molecule has 1 amide bonds. The van der Waals surface area contributed by atoms with Crippen LogP contribution in [0.2, 0.25) is 0 Å². The average molecular weight is 994 g/mol. The predicted octanol–water partition coefficient (Wildman–Crippen LogP) is 4.43. The summed E-state index contributed by atoms with van der Waals surface area (Å²) in [6.07, 6.45) is 6.05. The predicted molar refractivity (Wildman–Crippen MR) is 261 cm³/mol. The van der Waals surface area contributed by atoms with Crippen molar-refractivity contribution in [2.75, 3.05) is 52.3 Å². The summed E-state index contributed by atoms with van der Waals surface area (Å²) in [5, 5.41) is 85.8. The summed E-state index contributed by atoms with van der Waals surface area (Å²) in [6, 6.07) is 0. The molecule has 5 heterocycles. The number of rotatable bonds is 7. The Morgan fingerprint density at radius 2 is 1.66 bits per heavy atom. The Hall–Kier alpha value is -6.59. The number of aliphatic hydroxyl groups excluding tert-OH is 3. The Bertz CT molecular complexity index is 2600. The lowest BCUT2D eigenvalue weighted by Gasteiger charge is -2.38. The molecule has 388 valence electrons. The number of likely N-dealkylation sites (N-methyl/N-ethyl adjacent to an activating group) is 1. The number of carbonyl (C=O) groups excluding carboxylic acids is 3. The van der Waals surface area contributed by atoms with Gasteiger partial charge in [-0.05, 0) is 31.9 Å². The van der Waals surface area contributed by atoms with Crippen LogP contribution in [-0.2, 0) is 30.3 Å². The molecule has 1 fully saturated rings. The van der Waals surface area contributed by atoms with Crippen LogP contribution in [0.3, 0.4) is 0 Å². The lowest BCUT2D eigenvalue weighted by molar-refractivity contribution is -0.392. The van der Waals surface area contributed by atoms with Gasteiger partial charge in [-0.3, -0.25) is 19.4 Å². The summed E-state index contributed by atoms with van der Waals surface area (Å²) in [5.41, 5.74) is -0.350. The molecule has 5 bridgehead atoms. The first-order valence-electron chi connectivity index (χ1n) is 23.2. The smallest absolute Gasteiger partial charge is 0.342 e. The van der Waals surface area contributed by atoms with Crippen molar-refractivity contribution in [2.45, 2.75) is 99.1 Å². The summed E-state index contributed by atoms with van der Waals surface area (Å²) in [4.78, 5) is 56.2. The molecule has 1 saturated heterocycles. The van der Waals surface area contributed by atoms with E-state index in [1.165, 1.54) is 70.2 Å². The van der Waals surface area contributed by atoms with Crippen molar-refractivity contribution in [1.82, 2.24) is 19.5 Å². The van der Waals surface area contributed by atoms with Crippen LogP contribution in [0.4, 0.5) is 11.5 Å². The van der Waals surface area contributed by atoms with E-state index in [4.69, 9.17) is 24.1 Å². The zero-order valence-electron chi connectivity index (χ0n) is 41.9. The van der Waals surface area contributed by atoms with E-state index in [0.717, 1.165) is 13.1 Å². The molecule has 0 radical (unpaired) electrons. The number of aromatic hydroxyl groups is 3. The molecule has 0 spiro atoms. The van der Waals surface area contributed by atoms with E-state index >= 15 is 0 Å². The van der Waals surface area contributed by atoms with E-state index in [0.29, 0.717) is 18.9 Å². The van der Waals surface area contributed by atoms with Gasteiger partial charge in [0, 0.05) is 94.3 Å². The largest absolute Gasteiger partial charge is 0.507 e. The summed E-state index contributed by atoms with van der Waals surface area (Å²) < 4.78 is 25.0. The van der Waals surface area contributed by atoms with Gasteiger partial charge in [0.25, 0.3) is 11.7 Å². The van der Waals surface area contributed by atoms with Gasteiger partial charge in [0.2, 0.25) is 0 Å². The van der Waals surface area contributed by atoms with Gasteiger partial charge in [-0.2, -0.15) is 5.10 Å². The number of allylic oxidation sites excluding steroid dienone is 2. The zero-order chi connectivity index (χ0) is 52.8. The molecule has 0 aliphatic carbocycles. The summed E-state index contributed by atoms with van der Waals surface area (Å²) in [7, 11) is 3.42. The Morgan fingerprint density at radius 1 is 1.00 bits per heavy atom. The minimum Gasteiger partial charge on any atom is -0.507 e. The van der Waals surface area contributed by atoms with Crippen LogP contribution in [0.25, 0.3) is 10.8 Å². The average Bonchev–Trinajstić information content (AvgIpc) is 3.83. The van der Waals surface area contributed by atoms with E-state index in [2.05, 4.69) is 20.3 Å². The number of phenolic OH excluding ortho intramolecular Hbond substituents is 3. The molecule has 4 aliphatic rings. The maximum absolute atomic E-state index is 14.4. The molecular weight excluding hydrogens is 927 g/mol. The van der Waals surface area contributed by atoms with Crippen molar-refractivity contribution in [3.8, 4) is 23.0 Å². The topological polar surface area (TPSA) is 301 Å². The second-order valence-electron chi connectivity index (χ2n) is 18.4. The minimum absolute atomic E-state index is 0.0559. The van der Waals surface area contributed by atoms with E-state index in [9.17, 15) is 50.0 Å². The van der Waals surface area contributed by atoms with Crippen LogP contribution in [-0.4, -0.2) is 156 Å². The van der Waals surface area contributed by atoms with Gasteiger partial charge in [-0.15, -0.1) is 0 Å². The minimum atomic E-state index is -2.04. The van der Waals surface area contributed by atoms with Gasteiger partial charge in [-0.25, -0.2) is 9.55 Å². The molecule has 9 atom stereocenters.